The van der Waals surface area contributed by atoms with Crippen LogP contribution >= 0.6 is 31.9 Å². The minimum absolute atomic E-state index is 0.0179. The van der Waals surface area contributed by atoms with Gasteiger partial charge in [-0.3, -0.25) is 9.59 Å². The van der Waals surface area contributed by atoms with Crippen molar-refractivity contribution in [3.63, 3.8) is 0 Å². The van der Waals surface area contributed by atoms with Gasteiger partial charge in [0.25, 0.3) is 0 Å². The van der Waals surface area contributed by atoms with E-state index in [2.05, 4.69) is 37.2 Å². The van der Waals surface area contributed by atoms with Crippen LogP contribution in [0.2, 0.25) is 0 Å². The quantitative estimate of drug-likeness (QED) is 0.746. The van der Waals surface area contributed by atoms with Crippen LogP contribution in [0.1, 0.15) is 12.0 Å². The molecular formula is C18H16Br2N2O2. The number of benzene rings is 2. The third-order valence-electron chi connectivity index (χ3n) is 4.00. The molecule has 1 N–H and O–H groups in total. The topological polar surface area (TPSA) is 49.4 Å². The second-order valence-corrected chi connectivity index (χ2v) is 7.63. The maximum absolute atomic E-state index is 12.5. The molecule has 0 bridgehead atoms. The molecule has 2 aromatic rings. The number of amides is 2. The Balaban J connectivity index is 1.72. The average molecular weight is 452 g/mol. The van der Waals surface area contributed by atoms with Crippen LogP contribution in [-0.2, 0) is 9.59 Å². The predicted molar refractivity (Wildman–Crippen MR) is 102 cm³/mol. The number of anilines is 2. The van der Waals surface area contributed by atoms with Crippen molar-refractivity contribution < 1.29 is 9.59 Å². The van der Waals surface area contributed by atoms with Crippen molar-refractivity contribution in [3.05, 3.63) is 57.0 Å². The molecule has 1 saturated heterocycles. The number of hydrogen-bond donors (Lipinski definition) is 1. The second kappa shape index (κ2) is 7.07. The maximum Gasteiger partial charge on any atom is 0.229 e. The minimum atomic E-state index is -0.353. The first-order chi connectivity index (χ1) is 11.4. The van der Waals surface area contributed by atoms with Gasteiger partial charge in [0.15, 0.2) is 0 Å². The van der Waals surface area contributed by atoms with Gasteiger partial charge in [0.05, 0.1) is 11.6 Å². The lowest BCUT2D eigenvalue weighted by atomic mass is 10.1. The van der Waals surface area contributed by atoms with E-state index in [1.165, 1.54) is 0 Å². The summed E-state index contributed by atoms with van der Waals surface area (Å²) in [7, 11) is 0. The summed E-state index contributed by atoms with van der Waals surface area (Å²) in [5.74, 6) is -0.509. The summed E-state index contributed by atoms with van der Waals surface area (Å²) in [5, 5.41) is 2.90. The molecular weight excluding hydrogens is 436 g/mol. The third-order valence-corrected chi connectivity index (χ3v) is 5.15. The van der Waals surface area contributed by atoms with Gasteiger partial charge in [-0.25, -0.2) is 0 Å². The summed E-state index contributed by atoms with van der Waals surface area (Å²) < 4.78 is 1.72. The first-order valence-corrected chi connectivity index (χ1v) is 9.15. The van der Waals surface area contributed by atoms with Gasteiger partial charge in [0.2, 0.25) is 11.8 Å². The smallest absolute Gasteiger partial charge is 0.229 e. The number of nitrogens with zero attached hydrogens (tertiary/aromatic N) is 1. The molecule has 0 saturated carbocycles. The molecule has 1 fully saturated rings. The van der Waals surface area contributed by atoms with E-state index in [1.54, 1.807) is 4.90 Å². The van der Waals surface area contributed by atoms with E-state index >= 15 is 0 Å². The number of halogens is 2. The van der Waals surface area contributed by atoms with Crippen molar-refractivity contribution in [1.82, 2.24) is 0 Å². The molecule has 2 amide bonds. The molecule has 2 aromatic carbocycles. The summed E-state index contributed by atoms with van der Waals surface area (Å²) >= 11 is 6.81. The molecule has 0 spiro atoms. The Labute approximate surface area is 157 Å². The molecule has 0 radical (unpaired) electrons. The highest BCUT2D eigenvalue weighted by molar-refractivity contribution is 9.11. The van der Waals surface area contributed by atoms with Gasteiger partial charge in [0.1, 0.15) is 0 Å². The lowest BCUT2D eigenvalue weighted by molar-refractivity contribution is -0.122. The first kappa shape index (κ1) is 17.2. The van der Waals surface area contributed by atoms with Gasteiger partial charge in [-0.05, 0) is 58.7 Å². The highest BCUT2D eigenvalue weighted by Crippen LogP contribution is 2.29. The lowest BCUT2D eigenvalue weighted by Crippen LogP contribution is -2.28. The van der Waals surface area contributed by atoms with Crippen LogP contribution in [0.15, 0.2) is 51.4 Å². The monoisotopic (exact) mass is 450 g/mol. The highest BCUT2D eigenvalue weighted by atomic mass is 79.9. The minimum Gasteiger partial charge on any atom is -0.325 e. The van der Waals surface area contributed by atoms with Crippen LogP contribution in [0, 0.1) is 12.8 Å². The molecule has 6 heteroatoms. The van der Waals surface area contributed by atoms with E-state index in [0.29, 0.717) is 12.2 Å². The van der Waals surface area contributed by atoms with Gasteiger partial charge < -0.3 is 10.2 Å². The normalized spacial score (nSPS) is 17.2. The first-order valence-electron chi connectivity index (χ1n) is 7.57. The zero-order valence-electron chi connectivity index (χ0n) is 13.1. The summed E-state index contributed by atoms with van der Waals surface area (Å²) in [4.78, 5) is 26.5. The molecule has 4 nitrogen and oxygen atoms in total. The van der Waals surface area contributed by atoms with Crippen LogP contribution < -0.4 is 10.2 Å². The van der Waals surface area contributed by atoms with Crippen LogP contribution in [0.5, 0.6) is 0 Å². The SMILES string of the molecule is Cc1cccc(N2C[C@@H](C(=O)Nc3ccc(Br)cc3Br)CC2=O)c1. The zero-order valence-corrected chi connectivity index (χ0v) is 16.2. The molecule has 124 valence electrons. The van der Waals surface area contributed by atoms with E-state index in [4.69, 9.17) is 0 Å². The molecule has 0 aromatic heterocycles. The Kier molecular flexibility index (Phi) is 5.06. The van der Waals surface area contributed by atoms with Crippen molar-refractivity contribution in [1.29, 1.82) is 0 Å². The van der Waals surface area contributed by atoms with Crippen LogP contribution in [-0.4, -0.2) is 18.4 Å². The molecule has 1 aliphatic heterocycles. The molecule has 1 atom stereocenters. The number of nitrogens with one attached hydrogen (secondary N) is 1. The Hall–Kier alpha value is -1.66. The van der Waals surface area contributed by atoms with Crippen molar-refractivity contribution in [3.8, 4) is 0 Å². The standard InChI is InChI=1S/C18H16Br2N2O2/c1-11-3-2-4-14(7-11)22-10-12(8-17(22)23)18(24)21-16-6-5-13(19)9-15(16)20/h2-7,9,12H,8,10H2,1H3,(H,21,24)/t12-/m0/s1. The van der Waals surface area contributed by atoms with Crippen LogP contribution in [0.3, 0.4) is 0 Å². The number of carbonyl (C=O) groups excluding carboxylic acids is 2. The summed E-state index contributed by atoms with van der Waals surface area (Å²) in [6.07, 6.45) is 0.230. The fourth-order valence-corrected chi connectivity index (χ4v) is 3.90. The summed E-state index contributed by atoms with van der Waals surface area (Å²) in [6, 6.07) is 13.3. The van der Waals surface area contributed by atoms with Crippen molar-refractivity contribution in [2.24, 2.45) is 5.92 Å². The molecule has 0 unspecified atom stereocenters. The van der Waals surface area contributed by atoms with Gasteiger partial charge in [-0.2, -0.15) is 0 Å². The van der Waals surface area contributed by atoms with Crippen molar-refractivity contribution in [2.45, 2.75) is 13.3 Å². The summed E-state index contributed by atoms with van der Waals surface area (Å²) in [6.45, 7) is 2.39. The molecule has 24 heavy (non-hydrogen) atoms. The van der Waals surface area contributed by atoms with Crippen LogP contribution in [0.4, 0.5) is 11.4 Å². The third kappa shape index (κ3) is 3.70. The van der Waals surface area contributed by atoms with E-state index in [1.807, 2.05) is 49.4 Å². The average Bonchev–Trinajstić information content (AvgIpc) is 2.92. The van der Waals surface area contributed by atoms with E-state index in [9.17, 15) is 9.59 Å². The van der Waals surface area contributed by atoms with Crippen molar-refractivity contribution >= 4 is 55.0 Å². The maximum atomic E-state index is 12.5. The predicted octanol–water partition coefficient (Wildman–Crippen LogP) is 4.51. The molecule has 1 aliphatic rings. The van der Waals surface area contributed by atoms with E-state index in [-0.39, 0.29) is 24.2 Å². The zero-order chi connectivity index (χ0) is 17.3. The Morgan fingerprint density at radius 3 is 2.71 bits per heavy atom. The molecule has 0 aliphatic carbocycles. The van der Waals surface area contributed by atoms with E-state index in [0.717, 1.165) is 20.2 Å². The van der Waals surface area contributed by atoms with Crippen LogP contribution in [0.25, 0.3) is 0 Å². The Bertz CT molecular complexity index is 807. The number of carbonyl (C=O) groups is 2. The second-order valence-electron chi connectivity index (χ2n) is 5.86. The number of aryl methyl sites for hydroxylation is 1. The largest absolute Gasteiger partial charge is 0.325 e. The van der Waals surface area contributed by atoms with Gasteiger partial charge >= 0.3 is 0 Å². The highest BCUT2D eigenvalue weighted by Gasteiger charge is 2.35. The fraction of sp³-hybridized carbons (Fsp3) is 0.222. The Morgan fingerprint density at radius 1 is 1.21 bits per heavy atom. The van der Waals surface area contributed by atoms with Gasteiger partial charge in [0, 0.05) is 27.6 Å². The lowest BCUT2D eigenvalue weighted by Gasteiger charge is -2.17. The molecule has 3 rings (SSSR count). The molecule has 1 heterocycles. The number of rotatable bonds is 3. The van der Waals surface area contributed by atoms with Gasteiger partial charge in [-0.15, -0.1) is 0 Å². The van der Waals surface area contributed by atoms with Gasteiger partial charge in [-0.1, -0.05) is 28.1 Å². The summed E-state index contributed by atoms with van der Waals surface area (Å²) in [5.41, 5.74) is 2.64. The fourth-order valence-electron chi connectivity index (χ4n) is 2.75. The van der Waals surface area contributed by atoms with Crippen molar-refractivity contribution in [2.75, 3.05) is 16.8 Å². The Morgan fingerprint density at radius 2 is 2.00 bits per heavy atom. The number of hydrogen-bond acceptors (Lipinski definition) is 2. The van der Waals surface area contributed by atoms with E-state index < -0.39 is 0 Å².